The Hall–Kier alpha value is -4.21. The maximum atomic E-state index is 13.7. The summed E-state index contributed by atoms with van der Waals surface area (Å²) < 4.78 is 46.3. The van der Waals surface area contributed by atoms with Crippen LogP contribution in [-0.2, 0) is 19.4 Å². The number of ether oxygens (including phenoxy) is 1. The van der Waals surface area contributed by atoms with Gasteiger partial charge in [-0.15, -0.1) is 0 Å². The smallest absolute Gasteiger partial charge is 0.248 e. The topological polar surface area (TPSA) is 185 Å². The summed E-state index contributed by atoms with van der Waals surface area (Å²) >= 11 is 0. The SMILES string of the molecule is O=C1[C@H](S(=O)(=O)C[C@H](O)c2ccc(F)cc2)[C@@H](c2ccc(-c3ccc(C4O[C@H](CO)[C@@H](O)[C@H](O)[C@H]4O)cc3)cc2O)N1c1ccccc1. The molecule has 0 spiro atoms. The van der Waals surface area contributed by atoms with E-state index in [0.717, 1.165) is 12.1 Å². The molecule has 2 fully saturated rings. The number of phenols is 1. The van der Waals surface area contributed by atoms with Crippen molar-refractivity contribution in [2.75, 3.05) is 17.3 Å². The van der Waals surface area contributed by atoms with E-state index in [0.29, 0.717) is 22.4 Å². The maximum Gasteiger partial charge on any atom is 0.248 e. The molecule has 8 atom stereocenters. The van der Waals surface area contributed by atoms with Crippen molar-refractivity contribution < 1.29 is 53.0 Å². The van der Waals surface area contributed by atoms with Crippen LogP contribution in [0, 0.1) is 5.82 Å². The number of para-hydroxylation sites is 1. The lowest BCUT2D eigenvalue weighted by atomic mass is 9.89. The van der Waals surface area contributed by atoms with Gasteiger partial charge in [0.05, 0.1) is 24.5 Å². The lowest BCUT2D eigenvalue weighted by molar-refractivity contribution is -0.231. The fraction of sp³-hybridized carbons (Fsp3) is 0.286. The Morgan fingerprint density at radius 1 is 0.833 bits per heavy atom. The highest BCUT2D eigenvalue weighted by molar-refractivity contribution is 7.93. The molecule has 1 amide bonds. The zero-order chi connectivity index (χ0) is 34.3. The molecule has 4 aromatic carbocycles. The lowest BCUT2D eigenvalue weighted by Crippen LogP contribution is -2.62. The highest BCUT2D eigenvalue weighted by Gasteiger charge is 2.57. The summed E-state index contributed by atoms with van der Waals surface area (Å²) in [5, 5.41) is 60.6. The molecule has 2 heterocycles. The van der Waals surface area contributed by atoms with Gasteiger partial charge >= 0.3 is 0 Å². The van der Waals surface area contributed by atoms with E-state index < -0.39 is 81.8 Å². The molecule has 4 aromatic rings. The molecule has 0 bridgehead atoms. The molecule has 0 saturated carbocycles. The number of hydrogen-bond acceptors (Lipinski definition) is 10. The first kappa shape index (κ1) is 33.7. The first-order valence-corrected chi connectivity index (χ1v) is 16.9. The Labute approximate surface area is 275 Å². The van der Waals surface area contributed by atoms with Crippen LogP contribution in [0.5, 0.6) is 5.75 Å². The first-order valence-electron chi connectivity index (χ1n) is 15.2. The van der Waals surface area contributed by atoms with Gasteiger partial charge in [0, 0.05) is 11.3 Å². The predicted molar refractivity (Wildman–Crippen MR) is 172 cm³/mol. The third-order valence-corrected chi connectivity index (χ3v) is 10.9. The molecule has 0 aliphatic carbocycles. The quantitative estimate of drug-likeness (QED) is 0.144. The van der Waals surface area contributed by atoms with Gasteiger partial charge in [0.15, 0.2) is 15.1 Å². The lowest BCUT2D eigenvalue weighted by Gasteiger charge is -2.47. The number of carbonyl (C=O) groups is 1. The van der Waals surface area contributed by atoms with Crippen molar-refractivity contribution in [3.05, 3.63) is 120 Å². The molecule has 1 unspecified atom stereocenters. The van der Waals surface area contributed by atoms with Crippen molar-refractivity contribution in [3.8, 4) is 16.9 Å². The van der Waals surface area contributed by atoms with Crippen LogP contribution in [0.2, 0.25) is 0 Å². The monoisotopic (exact) mass is 679 g/mol. The van der Waals surface area contributed by atoms with Crippen LogP contribution in [0.4, 0.5) is 10.1 Å². The van der Waals surface area contributed by atoms with Gasteiger partial charge in [-0.25, -0.2) is 12.8 Å². The Bertz CT molecular complexity index is 1870. The number of rotatable bonds is 9. The zero-order valence-corrected chi connectivity index (χ0v) is 26.1. The molecular weight excluding hydrogens is 645 g/mol. The molecule has 2 aliphatic heterocycles. The fourth-order valence-corrected chi connectivity index (χ4v) is 8.23. The van der Waals surface area contributed by atoms with Gasteiger partial charge in [0.2, 0.25) is 5.91 Å². The van der Waals surface area contributed by atoms with Crippen LogP contribution in [-0.4, -0.2) is 87.0 Å². The van der Waals surface area contributed by atoms with E-state index >= 15 is 0 Å². The molecule has 2 aliphatic rings. The maximum absolute atomic E-state index is 13.7. The van der Waals surface area contributed by atoms with Gasteiger partial charge in [-0.1, -0.05) is 66.7 Å². The summed E-state index contributed by atoms with van der Waals surface area (Å²) in [6, 6.07) is 23.3. The number of nitrogens with zero attached hydrogens (tertiary/aromatic N) is 1. The molecule has 0 aromatic heterocycles. The van der Waals surface area contributed by atoms with E-state index in [1.165, 1.54) is 29.2 Å². The van der Waals surface area contributed by atoms with Gasteiger partial charge in [0.1, 0.15) is 42.1 Å². The van der Waals surface area contributed by atoms with Crippen molar-refractivity contribution in [1.29, 1.82) is 0 Å². The number of anilines is 1. The van der Waals surface area contributed by atoms with Crippen molar-refractivity contribution >= 4 is 21.4 Å². The number of aliphatic hydroxyl groups excluding tert-OH is 5. The number of β-lactam (4-membered cyclic amide) rings is 1. The molecule has 13 heteroatoms. The van der Waals surface area contributed by atoms with Crippen molar-refractivity contribution in [2.45, 2.75) is 47.9 Å². The first-order chi connectivity index (χ1) is 22.9. The van der Waals surface area contributed by atoms with E-state index in [1.807, 2.05) is 0 Å². The highest BCUT2D eigenvalue weighted by Crippen LogP contribution is 2.47. The van der Waals surface area contributed by atoms with Crippen LogP contribution in [0.25, 0.3) is 11.1 Å². The van der Waals surface area contributed by atoms with Crippen molar-refractivity contribution in [3.63, 3.8) is 0 Å². The Morgan fingerprint density at radius 2 is 1.48 bits per heavy atom. The molecule has 0 radical (unpaired) electrons. The number of halogens is 1. The van der Waals surface area contributed by atoms with E-state index in [4.69, 9.17) is 4.74 Å². The van der Waals surface area contributed by atoms with Gasteiger partial charge in [-0.3, -0.25) is 4.79 Å². The summed E-state index contributed by atoms with van der Waals surface area (Å²) in [7, 11) is -4.31. The summed E-state index contributed by atoms with van der Waals surface area (Å²) in [4.78, 5) is 14.8. The number of aromatic hydroxyl groups is 1. The number of benzene rings is 4. The number of hydrogen-bond donors (Lipinski definition) is 6. The predicted octanol–water partition coefficient (Wildman–Crippen LogP) is 2.32. The van der Waals surface area contributed by atoms with E-state index in [-0.39, 0.29) is 16.9 Å². The average Bonchev–Trinajstić information content (AvgIpc) is 3.07. The average molecular weight is 680 g/mol. The molecule has 11 nitrogen and oxygen atoms in total. The number of phenolic OH excluding ortho intramolecular Hbond substituents is 1. The zero-order valence-electron chi connectivity index (χ0n) is 25.3. The molecule has 2 saturated heterocycles. The second kappa shape index (κ2) is 13.4. The standard InChI is InChI=1S/C35H34FNO10S/c36-23-13-10-20(11-14-23)27(40)18-48(45,46)34-29(37(35(34)44)24-4-2-1-3-5-24)25-15-12-22(16-26(25)39)19-6-8-21(9-7-19)33-32(43)31(42)30(41)28(17-38)47-33/h1-16,27-34,38-43H,17-18H2/t27-,28+,29+,30+,31-,32+,33?,34+/m0/s1. The van der Waals surface area contributed by atoms with Crippen LogP contribution < -0.4 is 4.90 Å². The van der Waals surface area contributed by atoms with Gasteiger partial charge < -0.3 is 40.3 Å². The van der Waals surface area contributed by atoms with Crippen molar-refractivity contribution in [1.82, 2.24) is 0 Å². The summed E-state index contributed by atoms with van der Waals surface area (Å²) in [5.74, 6) is -2.34. The second-order valence-corrected chi connectivity index (χ2v) is 14.1. The molecule has 48 heavy (non-hydrogen) atoms. The number of amides is 1. The normalized spacial score (nSPS) is 26.6. The highest BCUT2D eigenvalue weighted by atomic mass is 32.2. The summed E-state index contributed by atoms with van der Waals surface area (Å²) in [6.07, 6.45) is -8.07. The van der Waals surface area contributed by atoms with Crippen LogP contribution in [0.3, 0.4) is 0 Å². The van der Waals surface area contributed by atoms with Gasteiger partial charge in [-0.05, 0) is 52.6 Å². The van der Waals surface area contributed by atoms with Crippen LogP contribution in [0.15, 0.2) is 97.1 Å². The number of sulfone groups is 1. The Balaban J connectivity index is 1.28. The minimum absolute atomic E-state index is 0.171. The third-order valence-electron chi connectivity index (χ3n) is 8.93. The Kier molecular flexibility index (Phi) is 9.37. The van der Waals surface area contributed by atoms with Crippen LogP contribution in [0.1, 0.15) is 34.9 Å². The van der Waals surface area contributed by atoms with E-state index in [9.17, 15) is 48.2 Å². The number of aliphatic hydroxyl groups is 5. The third kappa shape index (κ3) is 6.21. The van der Waals surface area contributed by atoms with Crippen molar-refractivity contribution in [2.24, 2.45) is 0 Å². The summed E-state index contributed by atoms with van der Waals surface area (Å²) in [6.45, 7) is -0.559. The largest absolute Gasteiger partial charge is 0.508 e. The van der Waals surface area contributed by atoms with Gasteiger partial charge in [0.25, 0.3) is 0 Å². The second-order valence-electron chi connectivity index (χ2n) is 12.0. The Morgan fingerprint density at radius 3 is 2.10 bits per heavy atom. The van der Waals surface area contributed by atoms with E-state index in [2.05, 4.69) is 0 Å². The van der Waals surface area contributed by atoms with Crippen LogP contribution >= 0.6 is 0 Å². The molecule has 6 N–H and O–H groups in total. The number of carbonyl (C=O) groups excluding carboxylic acids is 1. The summed E-state index contributed by atoms with van der Waals surface area (Å²) in [5.41, 5.74) is 2.41. The minimum atomic E-state index is -4.31. The minimum Gasteiger partial charge on any atom is -0.508 e. The molecule has 6 rings (SSSR count). The molecule has 252 valence electrons. The van der Waals surface area contributed by atoms with Gasteiger partial charge in [-0.2, -0.15) is 0 Å². The van der Waals surface area contributed by atoms with E-state index in [1.54, 1.807) is 60.7 Å². The molecular formula is C35H34FNO10S. The fourth-order valence-electron chi connectivity index (χ4n) is 6.31.